The maximum absolute atomic E-state index is 12.3. The Hall–Kier alpha value is -2.21. The highest BCUT2D eigenvalue weighted by Crippen LogP contribution is 2.19. The number of carbonyl (C=O) groups is 1. The second kappa shape index (κ2) is 7.57. The van der Waals surface area contributed by atoms with Crippen molar-refractivity contribution in [1.82, 2.24) is 15.1 Å². The Kier molecular flexibility index (Phi) is 5.25. The first-order valence-corrected chi connectivity index (χ1v) is 8.44. The minimum atomic E-state index is 0.117. The van der Waals surface area contributed by atoms with Crippen LogP contribution in [0.4, 0.5) is 0 Å². The van der Waals surface area contributed by atoms with E-state index in [9.17, 15) is 4.79 Å². The Morgan fingerprint density at radius 2 is 2.08 bits per heavy atom. The molecule has 0 spiro atoms. The summed E-state index contributed by atoms with van der Waals surface area (Å²) < 4.78 is 11.3. The SMILES string of the molecule is CC[C@H]1CN(C(=O)CCc2nnc(-c3ccc(C)cc3)o2)CCO1. The van der Waals surface area contributed by atoms with Gasteiger partial charge in [0.15, 0.2) is 0 Å². The molecule has 2 heterocycles. The van der Waals surface area contributed by atoms with Gasteiger partial charge < -0.3 is 14.1 Å². The lowest BCUT2D eigenvalue weighted by Gasteiger charge is -2.32. The molecule has 1 aromatic carbocycles. The number of morpholine rings is 1. The molecule has 1 saturated heterocycles. The predicted octanol–water partition coefficient (Wildman–Crippen LogP) is 2.62. The molecule has 0 bridgehead atoms. The monoisotopic (exact) mass is 329 g/mol. The van der Waals surface area contributed by atoms with E-state index in [-0.39, 0.29) is 12.0 Å². The second-order valence-corrected chi connectivity index (χ2v) is 6.11. The third kappa shape index (κ3) is 4.00. The summed E-state index contributed by atoms with van der Waals surface area (Å²) in [4.78, 5) is 14.2. The molecule has 2 aromatic rings. The first kappa shape index (κ1) is 16.6. The number of rotatable bonds is 5. The number of aromatic nitrogens is 2. The third-order valence-electron chi connectivity index (χ3n) is 4.26. The van der Waals surface area contributed by atoms with Crippen molar-refractivity contribution in [3.63, 3.8) is 0 Å². The van der Waals surface area contributed by atoms with E-state index in [1.807, 2.05) is 36.1 Å². The Morgan fingerprint density at radius 3 is 2.83 bits per heavy atom. The molecule has 0 radical (unpaired) electrons. The number of ether oxygens (including phenoxy) is 1. The van der Waals surface area contributed by atoms with Gasteiger partial charge in [-0.25, -0.2) is 0 Å². The fourth-order valence-electron chi connectivity index (χ4n) is 2.73. The quantitative estimate of drug-likeness (QED) is 0.843. The van der Waals surface area contributed by atoms with Crippen LogP contribution in [0.1, 0.15) is 31.2 Å². The number of hydrogen-bond acceptors (Lipinski definition) is 5. The van der Waals surface area contributed by atoms with Crippen molar-refractivity contribution < 1.29 is 13.9 Å². The molecule has 0 aliphatic carbocycles. The van der Waals surface area contributed by atoms with Crippen LogP contribution in [0.3, 0.4) is 0 Å². The first-order valence-electron chi connectivity index (χ1n) is 8.44. The Labute approximate surface area is 141 Å². The fourth-order valence-corrected chi connectivity index (χ4v) is 2.73. The molecule has 0 N–H and O–H groups in total. The molecule has 1 atom stereocenters. The second-order valence-electron chi connectivity index (χ2n) is 6.11. The molecule has 6 heteroatoms. The van der Waals surface area contributed by atoms with Crippen LogP contribution >= 0.6 is 0 Å². The van der Waals surface area contributed by atoms with Crippen molar-refractivity contribution in [2.24, 2.45) is 0 Å². The van der Waals surface area contributed by atoms with Crippen molar-refractivity contribution in [3.8, 4) is 11.5 Å². The minimum absolute atomic E-state index is 0.117. The van der Waals surface area contributed by atoms with Crippen molar-refractivity contribution in [1.29, 1.82) is 0 Å². The summed E-state index contributed by atoms with van der Waals surface area (Å²) in [6.07, 6.45) is 1.92. The fraction of sp³-hybridized carbons (Fsp3) is 0.500. The van der Waals surface area contributed by atoms with E-state index in [1.54, 1.807) is 0 Å². The van der Waals surface area contributed by atoms with Gasteiger partial charge in [0.25, 0.3) is 0 Å². The number of aryl methyl sites for hydroxylation is 2. The maximum atomic E-state index is 12.3. The average molecular weight is 329 g/mol. The van der Waals surface area contributed by atoms with Gasteiger partial charge in [0, 0.05) is 31.5 Å². The van der Waals surface area contributed by atoms with Gasteiger partial charge in [0.05, 0.1) is 12.7 Å². The number of amides is 1. The van der Waals surface area contributed by atoms with Gasteiger partial charge in [0.1, 0.15) is 0 Å². The molecule has 0 unspecified atom stereocenters. The van der Waals surface area contributed by atoms with Crippen LogP contribution in [0.2, 0.25) is 0 Å². The zero-order valence-corrected chi connectivity index (χ0v) is 14.2. The van der Waals surface area contributed by atoms with Crippen molar-refractivity contribution in [3.05, 3.63) is 35.7 Å². The highest BCUT2D eigenvalue weighted by molar-refractivity contribution is 5.76. The van der Waals surface area contributed by atoms with E-state index in [2.05, 4.69) is 17.1 Å². The van der Waals surface area contributed by atoms with Crippen LogP contribution in [0.5, 0.6) is 0 Å². The van der Waals surface area contributed by atoms with Crippen molar-refractivity contribution >= 4 is 5.91 Å². The van der Waals surface area contributed by atoms with Gasteiger partial charge in [-0.3, -0.25) is 4.79 Å². The summed E-state index contributed by atoms with van der Waals surface area (Å²) >= 11 is 0. The van der Waals surface area contributed by atoms with Crippen LogP contribution in [0.25, 0.3) is 11.5 Å². The van der Waals surface area contributed by atoms with E-state index in [0.717, 1.165) is 12.0 Å². The number of nitrogens with zero attached hydrogens (tertiary/aromatic N) is 3. The average Bonchev–Trinajstić information content (AvgIpc) is 3.09. The number of hydrogen-bond donors (Lipinski definition) is 0. The van der Waals surface area contributed by atoms with E-state index in [0.29, 0.717) is 44.3 Å². The molecule has 1 aliphatic rings. The standard InChI is InChI=1S/C18H23N3O3/c1-3-15-12-21(10-11-23-15)17(22)9-8-16-19-20-18(24-16)14-6-4-13(2)5-7-14/h4-7,15H,3,8-12H2,1-2H3/t15-/m0/s1. The van der Waals surface area contributed by atoms with Crippen LogP contribution in [0.15, 0.2) is 28.7 Å². The van der Waals surface area contributed by atoms with Crippen LogP contribution in [-0.4, -0.2) is 46.8 Å². The molecule has 1 fully saturated rings. The third-order valence-corrected chi connectivity index (χ3v) is 4.26. The summed E-state index contributed by atoms with van der Waals surface area (Å²) in [5.41, 5.74) is 2.07. The molecular weight excluding hydrogens is 306 g/mol. The Balaban J connectivity index is 1.55. The Bertz CT molecular complexity index is 681. The van der Waals surface area contributed by atoms with Gasteiger partial charge in [0.2, 0.25) is 17.7 Å². The summed E-state index contributed by atoms with van der Waals surface area (Å²) in [5, 5.41) is 8.12. The predicted molar refractivity (Wildman–Crippen MR) is 89.4 cm³/mol. The molecule has 24 heavy (non-hydrogen) atoms. The molecule has 128 valence electrons. The zero-order valence-electron chi connectivity index (χ0n) is 14.2. The largest absolute Gasteiger partial charge is 0.421 e. The maximum Gasteiger partial charge on any atom is 0.247 e. The molecular formula is C18H23N3O3. The smallest absolute Gasteiger partial charge is 0.247 e. The van der Waals surface area contributed by atoms with E-state index < -0.39 is 0 Å². The minimum Gasteiger partial charge on any atom is -0.421 e. The Morgan fingerprint density at radius 1 is 1.29 bits per heavy atom. The van der Waals surface area contributed by atoms with E-state index >= 15 is 0 Å². The number of carbonyl (C=O) groups excluding carboxylic acids is 1. The van der Waals surface area contributed by atoms with Gasteiger partial charge in [-0.05, 0) is 25.5 Å². The summed E-state index contributed by atoms with van der Waals surface area (Å²) in [6.45, 7) is 6.05. The summed E-state index contributed by atoms with van der Waals surface area (Å²) in [7, 11) is 0. The molecule has 6 nitrogen and oxygen atoms in total. The van der Waals surface area contributed by atoms with Crippen LogP contribution < -0.4 is 0 Å². The topological polar surface area (TPSA) is 68.5 Å². The highest BCUT2D eigenvalue weighted by Gasteiger charge is 2.23. The van der Waals surface area contributed by atoms with E-state index in [4.69, 9.17) is 9.15 Å². The molecule has 1 aromatic heterocycles. The molecule has 0 saturated carbocycles. The van der Waals surface area contributed by atoms with Crippen LogP contribution in [-0.2, 0) is 16.0 Å². The molecule has 1 amide bonds. The van der Waals surface area contributed by atoms with Gasteiger partial charge in [-0.1, -0.05) is 24.6 Å². The lowest BCUT2D eigenvalue weighted by molar-refractivity contribution is -0.138. The van der Waals surface area contributed by atoms with Gasteiger partial charge in [-0.2, -0.15) is 0 Å². The van der Waals surface area contributed by atoms with E-state index in [1.165, 1.54) is 5.56 Å². The first-order chi connectivity index (χ1) is 11.7. The summed E-state index contributed by atoms with van der Waals surface area (Å²) in [5.74, 6) is 1.11. The zero-order chi connectivity index (χ0) is 16.9. The normalized spacial score (nSPS) is 17.9. The van der Waals surface area contributed by atoms with Crippen molar-refractivity contribution in [2.75, 3.05) is 19.7 Å². The van der Waals surface area contributed by atoms with Gasteiger partial charge in [-0.15, -0.1) is 10.2 Å². The lowest BCUT2D eigenvalue weighted by Crippen LogP contribution is -2.45. The number of benzene rings is 1. The van der Waals surface area contributed by atoms with Crippen LogP contribution in [0, 0.1) is 6.92 Å². The van der Waals surface area contributed by atoms with Gasteiger partial charge >= 0.3 is 0 Å². The lowest BCUT2D eigenvalue weighted by atomic mass is 10.1. The highest BCUT2D eigenvalue weighted by atomic mass is 16.5. The van der Waals surface area contributed by atoms with Crippen molar-refractivity contribution in [2.45, 2.75) is 39.2 Å². The molecule has 3 rings (SSSR count). The molecule has 1 aliphatic heterocycles. The summed E-state index contributed by atoms with van der Waals surface area (Å²) in [6, 6.07) is 7.92.